The Morgan fingerprint density at radius 2 is 1.44 bits per heavy atom. The molecule has 0 heterocycles. The standard InChI is InChI=1S/C31H39N3O4S/c1-5-25(4)32-31(36)28(6-2)33(22-21-26-16-9-7-10-17-26)30(35)23-34(29-20-14-13-15-24(29)3)39(37,38)27-18-11-8-12-19-27/h7-20,25,28H,5-6,21-23H2,1-4H3,(H,32,36)/t25-,28+/m0/s1. The predicted octanol–water partition coefficient (Wildman–Crippen LogP) is 4.95. The van der Waals surface area contributed by atoms with Gasteiger partial charge in [-0.25, -0.2) is 8.42 Å². The van der Waals surface area contributed by atoms with Crippen LogP contribution in [0.1, 0.15) is 44.7 Å². The van der Waals surface area contributed by atoms with Crippen LogP contribution in [0.4, 0.5) is 5.69 Å². The van der Waals surface area contributed by atoms with Crippen molar-refractivity contribution in [1.29, 1.82) is 0 Å². The Labute approximate surface area is 232 Å². The van der Waals surface area contributed by atoms with Crippen LogP contribution in [0.2, 0.25) is 0 Å². The molecule has 3 aromatic rings. The predicted molar refractivity (Wildman–Crippen MR) is 156 cm³/mol. The number of para-hydroxylation sites is 1. The van der Waals surface area contributed by atoms with Crippen molar-refractivity contribution >= 4 is 27.5 Å². The molecule has 39 heavy (non-hydrogen) atoms. The molecule has 2 atom stereocenters. The van der Waals surface area contributed by atoms with Crippen molar-refractivity contribution in [1.82, 2.24) is 10.2 Å². The van der Waals surface area contributed by atoms with Crippen molar-refractivity contribution in [2.75, 3.05) is 17.4 Å². The van der Waals surface area contributed by atoms with E-state index in [1.54, 1.807) is 30.3 Å². The van der Waals surface area contributed by atoms with Gasteiger partial charge >= 0.3 is 0 Å². The number of anilines is 1. The molecule has 0 bridgehead atoms. The average Bonchev–Trinajstić information content (AvgIpc) is 2.95. The van der Waals surface area contributed by atoms with Gasteiger partial charge in [0.1, 0.15) is 12.6 Å². The van der Waals surface area contributed by atoms with Gasteiger partial charge in [0.05, 0.1) is 10.6 Å². The second-order valence-electron chi connectivity index (χ2n) is 9.68. The summed E-state index contributed by atoms with van der Waals surface area (Å²) < 4.78 is 28.9. The summed E-state index contributed by atoms with van der Waals surface area (Å²) in [5, 5.41) is 3.00. The van der Waals surface area contributed by atoms with Crippen molar-refractivity contribution in [3.63, 3.8) is 0 Å². The van der Waals surface area contributed by atoms with E-state index < -0.39 is 28.5 Å². The maximum atomic E-state index is 14.0. The fraction of sp³-hybridized carbons (Fsp3) is 0.355. The van der Waals surface area contributed by atoms with E-state index in [-0.39, 0.29) is 23.4 Å². The minimum Gasteiger partial charge on any atom is -0.352 e. The number of aryl methyl sites for hydroxylation is 1. The fourth-order valence-electron chi connectivity index (χ4n) is 4.41. The van der Waals surface area contributed by atoms with E-state index in [4.69, 9.17) is 0 Å². The first-order valence-electron chi connectivity index (χ1n) is 13.5. The van der Waals surface area contributed by atoms with Gasteiger partial charge in [-0.3, -0.25) is 13.9 Å². The Hall–Kier alpha value is -3.65. The van der Waals surface area contributed by atoms with E-state index in [1.165, 1.54) is 17.0 Å². The molecule has 7 nitrogen and oxygen atoms in total. The summed E-state index contributed by atoms with van der Waals surface area (Å²) in [7, 11) is -4.06. The fourth-order valence-corrected chi connectivity index (χ4v) is 5.91. The molecule has 3 rings (SSSR count). The van der Waals surface area contributed by atoms with Crippen molar-refractivity contribution in [3.8, 4) is 0 Å². The zero-order chi connectivity index (χ0) is 28.4. The number of sulfonamides is 1. The van der Waals surface area contributed by atoms with Crippen LogP contribution < -0.4 is 9.62 Å². The monoisotopic (exact) mass is 549 g/mol. The van der Waals surface area contributed by atoms with Gasteiger partial charge in [0.15, 0.2) is 0 Å². The number of carbonyl (C=O) groups is 2. The molecular weight excluding hydrogens is 510 g/mol. The Kier molecular flexibility index (Phi) is 10.7. The van der Waals surface area contributed by atoms with Gasteiger partial charge in [-0.15, -0.1) is 0 Å². The molecule has 0 saturated heterocycles. The normalized spacial score (nSPS) is 12.8. The highest BCUT2D eigenvalue weighted by Crippen LogP contribution is 2.27. The molecule has 2 amide bonds. The van der Waals surface area contributed by atoms with Crippen LogP contribution in [0.3, 0.4) is 0 Å². The number of rotatable bonds is 13. The molecule has 8 heteroatoms. The lowest BCUT2D eigenvalue weighted by molar-refractivity contribution is -0.139. The van der Waals surface area contributed by atoms with E-state index in [9.17, 15) is 18.0 Å². The van der Waals surface area contributed by atoms with E-state index in [0.717, 1.165) is 21.9 Å². The lowest BCUT2D eigenvalue weighted by atomic mass is 10.1. The summed E-state index contributed by atoms with van der Waals surface area (Å²) >= 11 is 0. The molecule has 0 radical (unpaired) electrons. The van der Waals surface area contributed by atoms with Crippen LogP contribution in [0.5, 0.6) is 0 Å². The summed E-state index contributed by atoms with van der Waals surface area (Å²) in [6.45, 7) is 7.44. The molecule has 208 valence electrons. The largest absolute Gasteiger partial charge is 0.352 e. The van der Waals surface area contributed by atoms with Gasteiger partial charge in [-0.2, -0.15) is 0 Å². The van der Waals surface area contributed by atoms with E-state index in [2.05, 4.69) is 5.32 Å². The van der Waals surface area contributed by atoms with E-state index >= 15 is 0 Å². The number of nitrogens with zero attached hydrogens (tertiary/aromatic N) is 2. The number of hydrogen-bond donors (Lipinski definition) is 1. The Morgan fingerprint density at radius 1 is 0.846 bits per heavy atom. The van der Waals surface area contributed by atoms with Crippen LogP contribution in [-0.2, 0) is 26.0 Å². The molecular formula is C31H39N3O4S. The van der Waals surface area contributed by atoms with E-state index in [1.807, 2.05) is 70.2 Å². The molecule has 0 aliphatic heterocycles. The third-order valence-corrected chi connectivity index (χ3v) is 8.64. The summed E-state index contributed by atoms with van der Waals surface area (Å²) in [6.07, 6.45) is 1.70. The van der Waals surface area contributed by atoms with Gasteiger partial charge in [0.25, 0.3) is 10.0 Å². The van der Waals surface area contributed by atoms with Gasteiger partial charge in [-0.1, -0.05) is 80.6 Å². The summed E-state index contributed by atoms with van der Waals surface area (Å²) in [6, 6.07) is 24.2. The molecule has 0 aliphatic rings. The number of carbonyl (C=O) groups excluding carboxylic acids is 2. The minimum absolute atomic E-state index is 0.0421. The maximum absolute atomic E-state index is 14.0. The van der Waals surface area contributed by atoms with Gasteiger partial charge < -0.3 is 10.2 Å². The maximum Gasteiger partial charge on any atom is 0.264 e. The van der Waals surface area contributed by atoms with Gasteiger partial charge in [0, 0.05) is 12.6 Å². The highest BCUT2D eigenvalue weighted by atomic mass is 32.2. The van der Waals surface area contributed by atoms with E-state index in [0.29, 0.717) is 18.5 Å². The first-order chi connectivity index (χ1) is 18.7. The topological polar surface area (TPSA) is 86.8 Å². The molecule has 0 saturated carbocycles. The quantitative estimate of drug-likeness (QED) is 0.327. The van der Waals surface area contributed by atoms with Gasteiger partial charge in [-0.05, 0) is 62.4 Å². The van der Waals surface area contributed by atoms with Crippen molar-refractivity contribution < 1.29 is 18.0 Å². The SMILES string of the molecule is CC[C@H](C(=O)N[C@@H](C)CC)N(CCc1ccccc1)C(=O)CN(c1ccccc1C)S(=O)(=O)c1ccccc1. The average molecular weight is 550 g/mol. The number of amides is 2. The second kappa shape index (κ2) is 13.9. The van der Waals surface area contributed by atoms with Crippen molar-refractivity contribution in [3.05, 3.63) is 96.1 Å². The number of hydrogen-bond acceptors (Lipinski definition) is 4. The third-order valence-electron chi connectivity index (χ3n) is 6.87. The summed E-state index contributed by atoms with van der Waals surface area (Å²) in [5.41, 5.74) is 2.18. The lowest BCUT2D eigenvalue weighted by Gasteiger charge is -2.34. The highest BCUT2D eigenvalue weighted by molar-refractivity contribution is 7.92. The molecule has 0 spiro atoms. The molecule has 0 aliphatic carbocycles. The van der Waals surface area contributed by atoms with Crippen LogP contribution >= 0.6 is 0 Å². The molecule has 0 aromatic heterocycles. The zero-order valence-corrected chi connectivity index (χ0v) is 24.0. The van der Waals surface area contributed by atoms with Crippen LogP contribution in [0, 0.1) is 6.92 Å². The number of benzene rings is 3. The first-order valence-corrected chi connectivity index (χ1v) is 14.9. The molecule has 0 fully saturated rings. The van der Waals surface area contributed by atoms with Crippen molar-refractivity contribution in [2.45, 2.75) is 63.9 Å². The summed E-state index contributed by atoms with van der Waals surface area (Å²) in [4.78, 5) is 29.0. The van der Waals surface area contributed by atoms with Crippen LogP contribution in [-0.4, -0.2) is 50.3 Å². The van der Waals surface area contributed by atoms with Crippen LogP contribution in [0.15, 0.2) is 89.8 Å². The smallest absolute Gasteiger partial charge is 0.264 e. The van der Waals surface area contributed by atoms with Gasteiger partial charge in [0.2, 0.25) is 11.8 Å². The summed E-state index contributed by atoms with van der Waals surface area (Å²) in [5.74, 6) is -0.665. The zero-order valence-electron chi connectivity index (χ0n) is 23.2. The Bertz CT molecular complexity index is 1330. The Morgan fingerprint density at radius 3 is 2.03 bits per heavy atom. The third kappa shape index (κ3) is 7.69. The highest BCUT2D eigenvalue weighted by Gasteiger charge is 2.34. The lowest BCUT2D eigenvalue weighted by Crippen LogP contribution is -2.54. The first kappa shape index (κ1) is 29.9. The molecule has 1 N–H and O–H groups in total. The Balaban J connectivity index is 2.00. The molecule has 3 aromatic carbocycles. The molecule has 0 unspecified atom stereocenters. The van der Waals surface area contributed by atoms with Crippen LogP contribution in [0.25, 0.3) is 0 Å². The van der Waals surface area contributed by atoms with Crippen molar-refractivity contribution in [2.24, 2.45) is 0 Å². The second-order valence-corrected chi connectivity index (χ2v) is 11.5. The minimum atomic E-state index is -4.06. The number of nitrogens with one attached hydrogen (secondary N) is 1.